The number of ether oxygens (including phenoxy) is 3. The van der Waals surface area contributed by atoms with Crippen LogP contribution in [0.25, 0.3) is 0 Å². The highest BCUT2D eigenvalue weighted by atomic mass is 32.2. The maximum Gasteiger partial charge on any atom is 0.410 e. The van der Waals surface area contributed by atoms with Crippen molar-refractivity contribution >= 4 is 39.5 Å². The molecule has 0 aliphatic carbocycles. The first-order valence-electron chi connectivity index (χ1n) is 57.3. The van der Waals surface area contributed by atoms with Gasteiger partial charge in [0.1, 0.15) is 5.60 Å². The topological polar surface area (TPSA) is 233 Å². The van der Waals surface area contributed by atoms with Crippen LogP contribution in [0.1, 0.15) is 410 Å². The lowest BCUT2D eigenvalue weighted by atomic mass is 9.63. The number of piperidine rings is 5. The number of amides is 3. The van der Waals surface area contributed by atoms with Crippen LogP contribution in [0.3, 0.4) is 0 Å². The molecule has 13 aliphatic rings. The molecule has 0 radical (unpaired) electrons. The molecular formula is C118H238N12O10S2. The first-order chi connectivity index (χ1) is 65.4. The van der Waals surface area contributed by atoms with E-state index in [2.05, 4.69) is 291 Å². The van der Waals surface area contributed by atoms with Crippen molar-refractivity contribution in [2.75, 3.05) is 172 Å². The molecule has 142 heavy (non-hydrogen) atoms. The summed E-state index contributed by atoms with van der Waals surface area (Å²) in [7, 11) is 5.89. The highest BCUT2D eigenvalue weighted by Gasteiger charge is 2.45. The van der Waals surface area contributed by atoms with Crippen LogP contribution in [0, 0.1) is 132 Å². The molecule has 3 N–H and O–H groups in total. The number of nitrogens with one attached hydrogen (secondary N) is 3. The number of sulfonamides is 1. The quantitative estimate of drug-likeness (QED) is 0.205. The second-order valence-electron chi connectivity index (χ2n) is 54.4. The molecule has 0 aromatic heterocycles. The van der Waals surface area contributed by atoms with Gasteiger partial charge in [-0.05, 0) is 397 Å². The normalized spacial score (nSPS) is 23.8. The van der Waals surface area contributed by atoms with Crippen LogP contribution in [0.15, 0.2) is 0 Å². The minimum absolute atomic E-state index is 0.0551. The molecule has 13 rings (SSSR count). The molecule has 22 nitrogen and oxygen atoms in total. The number of nitrogens with zero attached hydrogens (tertiary/aromatic N) is 9. The van der Waals surface area contributed by atoms with Crippen LogP contribution in [0.4, 0.5) is 4.79 Å². The number of hydrogen-bond acceptors (Lipinski definition) is 18. The first-order valence-corrected chi connectivity index (χ1v) is 59.8. The molecule has 24 heteroatoms. The van der Waals surface area contributed by atoms with Crippen molar-refractivity contribution in [1.82, 2.24) is 54.6 Å². The van der Waals surface area contributed by atoms with Gasteiger partial charge in [0, 0.05) is 103 Å². The summed E-state index contributed by atoms with van der Waals surface area (Å²) in [6, 6.07) is 5.00. The van der Waals surface area contributed by atoms with Crippen LogP contribution in [-0.4, -0.2) is 281 Å². The largest absolute Gasteiger partial charge is 0.444 e. The van der Waals surface area contributed by atoms with Gasteiger partial charge in [0.2, 0.25) is 21.8 Å². The Balaban J connectivity index is 0.00000152. The Kier molecular flexibility index (Phi) is 67.5. The van der Waals surface area contributed by atoms with Crippen LogP contribution in [-0.2, 0) is 45.4 Å². The Hall–Kier alpha value is -2.93. The molecule has 5 atom stereocenters. The average Bonchev–Trinajstić information content (AvgIpc) is 1.02. The molecule has 5 unspecified atom stereocenters. The summed E-state index contributed by atoms with van der Waals surface area (Å²) in [5.74, 6) is 13.3. The fourth-order valence-electron chi connectivity index (χ4n) is 22.1. The van der Waals surface area contributed by atoms with E-state index in [1.807, 2.05) is 35.5 Å². The predicted octanol–water partition coefficient (Wildman–Crippen LogP) is 25.0. The van der Waals surface area contributed by atoms with Crippen LogP contribution in [0.5, 0.6) is 0 Å². The Morgan fingerprint density at radius 2 is 0.704 bits per heavy atom. The Bertz CT molecular complexity index is 3360. The molecule has 13 aliphatic heterocycles. The summed E-state index contributed by atoms with van der Waals surface area (Å²) < 4.78 is 57.0. The maximum atomic E-state index is 12.0. The molecule has 842 valence electrons. The molecule has 0 spiro atoms. The molecular weight excluding hydrogens is 1810 g/mol. The van der Waals surface area contributed by atoms with Crippen molar-refractivity contribution in [3.05, 3.63) is 0 Å². The van der Waals surface area contributed by atoms with Gasteiger partial charge in [0.25, 0.3) is 0 Å². The van der Waals surface area contributed by atoms with Gasteiger partial charge in [-0.15, -0.1) is 0 Å². The number of likely N-dealkylation sites (tertiary alicyclic amines) is 7. The summed E-state index contributed by atoms with van der Waals surface area (Å²) in [5, 5.41) is 19.3. The van der Waals surface area contributed by atoms with Gasteiger partial charge in [-0.2, -0.15) is 18.0 Å². The highest BCUT2D eigenvalue weighted by molar-refractivity contribution is 7.88. The van der Waals surface area contributed by atoms with Crippen LogP contribution in [0.2, 0.25) is 0 Å². The fourth-order valence-corrected chi connectivity index (χ4v) is 23.4. The third-order valence-corrected chi connectivity index (χ3v) is 34.4. The van der Waals surface area contributed by atoms with Crippen LogP contribution < -0.4 is 16.0 Å². The standard InChI is InChI=1S/C13H25NO2.C10H19NO.C10H17NO.C10H19NO.C9H19NO2S.4C9H19N.2C8H17N.C8H16O.C6H13N.O2S/c1-12(2,3)10-8-7-9-14(10)11(15)16-13(4,5)6;1-8(12)11-7-5-6-9(11)10(2,3)4;1-9(2,3)10(8-11)4-6-12-7-5-10;1-8(2)10-4-6-11(7-5-10)9(3)12;1-9(2,3)8-6-5-7-10(8)13(4,11)12;1-9(2,3)8-6-5-7-10(8)4;3*1-8(2)9-4-6-10(3)7-5-9;1-8(2,3)7-5-4-6-9-7;2*1-7(2)8-3-5-9-6-4-8;1-5(2)6-3-7-4-6;1-3-2/h10H,7-9H2,1-6H3;9H,5-7H2,1-4H3;4-7H2,1-3H3;8,10H,4-7H2,1-3H3;8H,5-7H2,1-4H3;8H,5-7H2,1-4H3;3*8-9H,4-7H2,1-3H3;7,9H,4-6H2,1-3H3;7-9H,3-6H2,1-2H3;7-8H,3-6H2,1-2H3;5-7H,3-4H2,1-2H3;. The van der Waals surface area contributed by atoms with Gasteiger partial charge < -0.3 is 64.5 Å². The summed E-state index contributed by atoms with van der Waals surface area (Å²) in [5.41, 5.74) is 0.885. The molecule has 13 heterocycles. The van der Waals surface area contributed by atoms with E-state index in [1.54, 1.807) is 18.2 Å². The van der Waals surface area contributed by atoms with Crippen molar-refractivity contribution in [3.8, 4) is 6.07 Å². The Labute approximate surface area is 884 Å². The first kappa shape index (κ1) is 139. The number of rotatable bonds is 8. The maximum absolute atomic E-state index is 12.0. The molecule has 0 bridgehead atoms. The predicted molar refractivity (Wildman–Crippen MR) is 606 cm³/mol. The van der Waals surface area contributed by atoms with E-state index in [-0.39, 0.29) is 51.0 Å². The van der Waals surface area contributed by atoms with E-state index < -0.39 is 27.2 Å². The van der Waals surface area contributed by atoms with Crippen molar-refractivity contribution in [3.63, 3.8) is 0 Å². The minimum Gasteiger partial charge on any atom is -0.444 e. The van der Waals surface area contributed by atoms with Crippen molar-refractivity contribution < 1.29 is 45.4 Å². The molecule has 13 fully saturated rings. The number of carbonyl (C=O) groups is 3. The summed E-state index contributed by atoms with van der Waals surface area (Å²) in [6.45, 7) is 105. The van der Waals surface area contributed by atoms with Gasteiger partial charge in [-0.1, -0.05) is 222 Å². The Morgan fingerprint density at radius 1 is 0.380 bits per heavy atom. The van der Waals surface area contributed by atoms with Crippen LogP contribution >= 0.6 is 0 Å². The zero-order valence-corrected chi connectivity index (χ0v) is 103. The second kappa shape index (κ2) is 68.9. The van der Waals surface area contributed by atoms with Gasteiger partial charge in [0.05, 0.1) is 17.7 Å². The summed E-state index contributed by atoms with van der Waals surface area (Å²) in [6.07, 6.45) is 31.1. The summed E-state index contributed by atoms with van der Waals surface area (Å²) in [4.78, 5) is 49.9. The number of hydrogen-bond donors (Lipinski definition) is 3. The summed E-state index contributed by atoms with van der Waals surface area (Å²) >= 11 is -0.750. The smallest absolute Gasteiger partial charge is 0.410 e. The molecule has 13 saturated heterocycles. The SMILES string of the molecule is CC(=O)N1CCC(C(C)C)CC1.CC(=O)N1CCCC1C(C)(C)C.CC(C)(C)C1(C#N)CCOCC1.CC(C)(C)C1CCCN1.CC(C)(C)C1CCCN1S(C)(=O)=O.CC(C)(C)OC(=O)N1CCCC1C(C)(C)C.CC(C)C1CCN(C)CC1.CC(C)C1CCN(C)CC1.CC(C)C1CCN(C)CC1.CC(C)C1CCNCC1.CC(C)C1CCOCC1.CC(C)C1CNC1.CN1CCCC1C(C)(C)C.O=S=O. The van der Waals surface area contributed by atoms with Crippen molar-refractivity contribution in [1.29, 1.82) is 5.26 Å². The van der Waals surface area contributed by atoms with Crippen molar-refractivity contribution in [2.45, 2.75) is 446 Å². The van der Waals surface area contributed by atoms with E-state index in [0.717, 1.165) is 186 Å². The fraction of sp³-hybridized carbons (Fsp3) is 0.966. The minimum atomic E-state index is -3.00. The van der Waals surface area contributed by atoms with E-state index in [1.165, 1.54) is 200 Å². The third-order valence-electron chi connectivity index (χ3n) is 33.1. The molecule has 0 aromatic rings. The third kappa shape index (κ3) is 58.1. The molecule has 0 saturated carbocycles. The monoisotopic (exact) mass is 2050 g/mol. The van der Waals surface area contributed by atoms with E-state index in [9.17, 15) is 28.1 Å². The zero-order chi connectivity index (χ0) is 109. The molecule has 0 aromatic carbocycles. The lowest BCUT2D eigenvalue weighted by Gasteiger charge is -2.41. The number of carbonyl (C=O) groups excluding carboxylic acids is 3. The lowest BCUT2D eigenvalue weighted by molar-refractivity contribution is -0.131. The second-order valence-corrected chi connectivity index (χ2v) is 56.5. The van der Waals surface area contributed by atoms with Crippen molar-refractivity contribution in [2.24, 2.45) is 121 Å². The van der Waals surface area contributed by atoms with E-state index >= 15 is 0 Å². The Morgan fingerprint density at radius 3 is 0.937 bits per heavy atom. The lowest BCUT2D eigenvalue weighted by Crippen LogP contribution is -2.45. The van der Waals surface area contributed by atoms with Gasteiger partial charge in [-0.3, -0.25) is 9.59 Å². The number of nitriles is 1. The zero-order valence-electron chi connectivity index (χ0n) is 101. The van der Waals surface area contributed by atoms with E-state index in [4.69, 9.17) is 22.6 Å². The molecule has 3 amide bonds. The van der Waals surface area contributed by atoms with E-state index in [0.29, 0.717) is 29.5 Å². The average molecular weight is 2050 g/mol. The highest BCUT2D eigenvalue weighted by Crippen LogP contribution is 2.46. The van der Waals surface area contributed by atoms with Gasteiger partial charge in [-0.25, -0.2) is 13.2 Å². The van der Waals surface area contributed by atoms with Gasteiger partial charge in [0.15, 0.2) is 0 Å². The van der Waals surface area contributed by atoms with Gasteiger partial charge >= 0.3 is 17.7 Å².